The standard InChI is InChI=1S/C17H18O3/c1-17(2,3)20-16(19)14-11-7-10-13(14)15(18)12-8-5-4-6-9-12/h4-11,14H,1-3H3. The molecule has 0 saturated carbocycles. The van der Waals surface area contributed by atoms with Gasteiger partial charge in [-0.25, -0.2) is 0 Å². The van der Waals surface area contributed by atoms with E-state index >= 15 is 0 Å². The first-order valence-electron chi connectivity index (χ1n) is 6.59. The van der Waals surface area contributed by atoms with Crippen molar-refractivity contribution in [3.63, 3.8) is 0 Å². The van der Waals surface area contributed by atoms with Crippen LogP contribution in [0.25, 0.3) is 0 Å². The van der Waals surface area contributed by atoms with Crippen molar-refractivity contribution >= 4 is 11.8 Å². The Hall–Kier alpha value is -2.16. The van der Waals surface area contributed by atoms with Gasteiger partial charge < -0.3 is 4.74 Å². The van der Waals surface area contributed by atoms with Crippen molar-refractivity contribution in [3.05, 3.63) is 59.7 Å². The average Bonchev–Trinajstić information content (AvgIpc) is 2.86. The summed E-state index contributed by atoms with van der Waals surface area (Å²) in [6.45, 7) is 5.43. The van der Waals surface area contributed by atoms with Gasteiger partial charge >= 0.3 is 5.97 Å². The maximum Gasteiger partial charge on any atom is 0.317 e. The molecule has 0 spiro atoms. The highest BCUT2D eigenvalue weighted by atomic mass is 16.6. The molecule has 104 valence electrons. The fourth-order valence-electron chi connectivity index (χ4n) is 2.02. The summed E-state index contributed by atoms with van der Waals surface area (Å²) in [6.07, 6.45) is 5.11. The van der Waals surface area contributed by atoms with Crippen LogP contribution in [0.3, 0.4) is 0 Å². The molecule has 1 aliphatic carbocycles. The van der Waals surface area contributed by atoms with Gasteiger partial charge in [0.05, 0.1) is 0 Å². The van der Waals surface area contributed by atoms with Gasteiger partial charge in [0.1, 0.15) is 11.5 Å². The van der Waals surface area contributed by atoms with Crippen LogP contribution in [0.2, 0.25) is 0 Å². The van der Waals surface area contributed by atoms with Crippen LogP contribution in [0.1, 0.15) is 31.1 Å². The summed E-state index contributed by atoms with van der Waals surface area (Å²) in [5, 5.41) is 0. The number of ether oxygens (including phenoxy) is 1. The average molecular weight is 270 g/mol. The number of allylic oxidation sites excluding steroid dienone is 2. The van der Waals surface area contributed by atoms with Crippen molar-refractivity contribution in [1.29, 1.82) is 0 Å². The molecular weight excluding hydrogens is 252 g/mol. The molecule has 0 bridgehead atoms. The van der Waals surface area contributed by atoms with Crippen molar-refractivity contribution in [1.82, 2.24) is 0 Å². The summed E-state index contributed by atoms with van der Waals surface area (Å²) in [5.74, 6) is -1.13. The van der Waals surface area contributed by atoms with Crippen LogP contribution >= 0.6 is 0 Å². The molecule has 0 saturated heterocycles. The van der Waals surface area contributed by atoms with E-state index < -0.39 is 11.5 Å². The van der Waals surface area contributed by atoms with E-state index in [-0.39, 0.29) is 11.8 Å². The maximum absolute atomic E-state index is 12.4. The maximum atomic E-state index is 12.4. The van der Waals surface area contributed by atoms with Gasteiger partial charge in [0.15, 0.2) is 5.78 Å². The van der Waals surface area contributed by atoms with Crippen molar-refractivity contribution < 1.29 is 14.3 Å². The topological polar surface area (TPSA) is 43.4 Å². The van der Waals surface area contributed by atoms with Crippen molar-refractivity contribution in [2.45, 2.75) is 26.4 Å². The van der Waals surface area contributed by atoms with E-state index in [1.54, 1.807) is 42.5 Å². The molecule has 0 heterocycles. The molecular formula is C17H18O3. The highest BCUT2D eigenvalue weighted by Crippen LogP contribution is 2.26. The molecule has 1 aliphatic rings. The Labute approximate surface area is 118 Å². The number of Topliss-reactive ketones (excluding diaryl/α,β-unsaturated/α-hetero) is 1. The molecule has 0 aliphatic heterocycles. The number of hydrogen-bond donors (Lipinski definition) is 0. The molecule has 1 unspecified atom stereocenters. The number of benzene rings is 1. The molecule has 0 aromatic heterocycles. The van der Waals surface area contributed by atoms with Crippen LogP contribution in [-0.2, 0) is 9.53 Å². The largest absolute Gasteiger partial charge is 0.459 e. The number of rotatable bonds is 3. The summed E-state index contributed by atoms with van der Waals surface area (Å²) in [6, 6.07) is 8.95. The fourth-order valence-corrected chi connectivity index (χ4v) is 2.02. The van der Waals surface area contributed by atoms with E-state index in [1.807, 2.05) is 26.8 Å². The number of ketones is 1. The number of hydrogen-bond acceptors (Lipinski definition) is 3. The molecule has 0 fully saturated rings. The molecule has 0 N–H and O–H groups in total. The second-order valence-electron chi connectivity index (χ2n) is 5.71. The second-order valence-corrected chi connectivity index (χ2v) is 5.71. The fraction of sp³-hybridized carbons (Fsp3) is 0.294. The van der Waals surface area contributed by atoms with Crippen LogP contribution in [0.4, 0.5) is 0 Å². The Bertz CT molecular complexity index is 574. The van der Waals surface area contributed by atoms with Gasteiger partial charge in [-0.1, -0.05) is 48.6 Å². The summed E-state index contributed by atoms with van der Waals surface area (Å²) < 4.78 is 5.35. The lowest BCUT2D eigenvalue weighted by atomic mass is 9.94. The van der Waals surface area contributed by atoms with E-state index in [9.17, 15) is 9.59 Å². The zero-order valence-electron chi connectivity index (χ0n) is 11.9. The highest BCUT2D eigenvalue weighted by Gasteiger charge is 2.31. The lowest BCUT2D eigenvalue weighted by Crippen LogP contribution is -2.29. The highest BCUT2D eigenvalue weighted by molar-refractivity contribution is 6.12. The van der Waals surface area contributed by atoms with Crippen LogP contribution in [0.5, 0.6) is 0 Å². The monoisotopic (exact) mass is 270 g/mol. The predicted octanol–water partition coefficient (Wildman–Crippen LogP) is 3.32. The number of esters is 1. The number of carbonyl (C=O) groups is 2. The van der Waals surface area contributed by atoms with Gasteiger partial charge in [-0.2, -0.15) is 0 Å². The Morgan fingerprint density at radius 3 is 2.35 bits per heavy atom. The summed E-state index contributed by atoms with van der Waals surface area (Å²) in [5.41, 5.74) is 0.482. The van der Waals surface area contributed by atoms with Gasteiger partial charge in [-0.15, -0.1) is 0 Å². The second kappa shape index (κ2) is 5.45. The van der Waals surface area contributed by atoms with Crippen LogP contribution < -0.4 is 0 Å². The van der Waals surface area contributed by atoms with E-state index in [0.29, 0.717) is 11.1 Å². The van der Waals surface area contributed by atoms with Gasteiger partial charge in [-0.05, 0) is 20.8 Å². The van der Waals surface area contributed by atoms with E-state index in [2.05, 4.69) is 0 Å². The van der Waals surface area contributed by atoms with Gasteiger partial charge in [0, 0.05) is 11.1 Å². The lowest BCUT2D eigenvalue weighted by molar-refractivity contribution is -0.156. The quantitative estimate of drug-likeness (QED) is 0.625. The first kappa shape index (κ1) is 14.3. The lowest BCUT2D eigenvalue weighted by Gasteiger charge is -2.22. The van der Waals surface area contributed by atoms with Gasteiger partial charge in [-0.3, -0.25) is 9.59 Å². The molecule has 1 aromatic carbocycles. The Kier molecular flexibility index (Phi) is 3.89. The minimum Gasteiger partial charge on any atom is -0.459 e. The van der Waals surface area contributed by atoms with E-state index in [4.69, 9.17) is 4.74 Å². The minimum absolute atomic E-state index is 0.133. The third-order valence-corrected chi connectivity index (χ3v) is 2.87. The Balaban J connectivity index is 2.17. The van der Waals surface area contributed by atoms with Crippen molar-refractivity contribution in [3.8, 4) is 0 Å². The first-order valence-corrected chi connectivity index (χ1v) is 6.59. The summed E-state index contributed by atoms with van der Waals surface area (Å²) in [4.78, 5) is 24.6. The molecule has 3 nitrogen and oxygen atoms in total. The van der Waals surface area contributed by atoms with Crippen molar-refractivity contribution in [2.75, 3.05) is 0 Å². The van der Waals surface area contributed by atoms with E-state index in [1.165, 1.54) is 0 Å². The smallest absolute Gasteiger partial charge is 0.317 e. The Morgan fingerprint density at radius 2 is 1.75 bits per heavy atom. The minimum atomic E-state index is -0.609. The molecule has 3 heteroatoms. The molecule has 0 amide bonds. The first-order chi connectivity index (χ1) is 9.38. The third kappa shape index (κ3) is 3.23. The van der Waals surface area contributed by atoms with Gasteiger partial charge in [0.25, 0.3) is 0 Å². The summed E-state index contributed by atoms with van der Waals surface area (Å²) in [7, 11) is 0. The van der Waals surface area contributed by atoms with Crippen LogP contribution in [0, 0.1) is 5.92 Å². The number of carbonyl (C=O) groups excluding carboxylic acids is 2. The SMILES string of the molecule is CC(C)(C)OC(=O)C1C=CC=C1C(=O)c1ccccc1. The summed E-state index contributed by atoms with van der Waals surface area (Å²) >= 11 is 0. The molecule has 1 aromatic rings. The Morgan fingerprint density at radius 1 is 1.10 bits per heavy atom. The normalized spacial score (nSPS) is 17.8. The van der Waals surface area contributed by atoms with Crippen molar-refractivity contribution in [2.24, 2.45) is 5.92 Å². The zero-order chi connectivity index (χ0) is 14.8. The zero-order valence-corrected chi connectivity index (χ0v) is 11.9. The third-order valence-electron chi connectivity index (χ3n) is 2.87. The van der Waals surface area contributed by atoms with Crippen LogP contribution in [-0.4, -0.2) is 17.4 Å². The van der Waals surface area contributed by atoms with E-state index in [0.717, 1.165) is 0 Å². The van der Waals surface area contributed by atoms with Gasteiger partial charge in [0.2, 0.25) is 0 Å². The molecule has 2 rings (SSSR count). The van der Waals surface area contributed by atoms with Crippen LogP contribution in [0.15, 0.2) is 54.1 Å². The molecule has 20 heavy (non-hydrogen) atoms. The molecule has 1 atom stereocenters. The predicted molar refractivity (Wildman–Crippen MR) is 77.3 cm³/mol. The molecule has 0 radical (unpaired) electrons.